The molecule has 24 heavy (non-hydrogen) atoms. The number of hydrogen-bond donors (Lipinski definition) is 1. The number of ether oxygens (including phenoxy) is 2. The van der Waals surface area contributed by atoms with E-state index in [1.165, 1.54) is 12.2 Å². The molecule has 0 amide bonds. The van der Waals surface area contributed by atoms with Crippen LogP contribution in [0.15, 0.2) is 23.3 Å². The van der Waals surface area contributed by atoms with E-state index in [2.05, 4.69) is 0 Å². The molecule has 0 radical (unpaired) electrons. The lowest BCUT2D eigenvalue weighted by Crippen LogP contribution is -2.67. The summed E-state index contributed by atoms with van der Waals surface area (Å²) in [7, 11) is 0. The number of hydrogen-bond acceptors (Lipinski definition) is 6. The van der Waals surface area contributed by atoms with Crippen molar-refractivity contribution in [3.05, 3.63) is 23.3 Å². The average molecular weight is 330 g/mol. The summed E-state index contributed by atoms with van der Waals surface area (Å²) in [5, 5.41) is 11.1. The molecule has 1 N–H and O–H groups in total. The fraction of sp³-hybridized carbons (Fsp3) is 0.611. The van der Waals surface area contributed by atoms with E-state index < -0.39 is 46.4 Å². The maximum atomic E-state index is 13.2. The van der Waals surface area contributed by atoms with Gasteiger partial charge in [0.05, 0.1) is 23.5 Å². The topological polar surface area (TPSA) is 89.9 Å². The van der Waals surface area contributed by atoms with E-state index in [0.717, 1.165) is 5.57 Å². The van der Waals surface area contributed by atoms with E-state index >= 15 is 0 Å². The summed E-state index contributed by atoms with van der Waals surface area (Å²) in [6.07, 6.45) is 1.04. The first-order valence-electron chi connectivity index (χ1n) is 8.21. The third kappa shape index (κ3) is 1.13. The molecule has 0 unspecified atom stereocenters. The Morgan fingerprint density at radius 2 is 1.88 bits per heavy atom. The predicted molar refractivity (Wildman–Crippen MR) is 79.6 cm³/mol. The Kier molecular flexibility index (Phi) is 2.26. The van der Waals surface area contributed by atoms with Crippen molar-refractivity contribution >= 4 is 17.5 Å². The van der Waals surface area contributed by atoms with Crippen LogP contribution in [-0.4, -0.2) is 47.1 Å². The van der Waals surface area contributed by atoms with Crippen molar-refractivity contribution in [2.75, 3.05) is 6.61 Å². The smallest absolute Gasteiger partial charge is 0.313 e. The lowest BCUT2D eigenvalue weighted by Gasteiger charge is -2.53. The lowest BCUT2D eigenvalue weighted by atomic mass is 9.45. The minimum atomic E-state index is -1.23. The van der Waals surface area contributed by atoms with Gasteiger partial charge in [-0.15, -0.1) is 0 Å². The number of allylic oxidation sites excluding steroid dienone is 4. The molecule has 126 valence electrons. The van der Waals surface area contributed by atoms with E-state index in [-0.39, 0.29) is 18.2 Å². The number of ketones is 2. The molecule has 1 spiro atoms. The standard InChI is InChI=1S/C18H18O6/c1-7-4-9(19)16(2)8(7)5-10(20)18-6-23-17(3)13(18)15(22)24-14(17)11(21)12(16)18/h4-5,11-14,21H,6H2,1-3H3/t11-,12-,13+,14-,16-,17+,18-/m1/s1. The Labute approximate surface area is 138 Å². The second kappa shape index (κ2) is 3.73. The molecule has 2 aliphatic heterocycles. The number of fused-ring (bicyclic) bond motifs is 2. The molecule has 0 aromatic heterocycles. The Morgan fingerprint density at radius 3 is 2.58 bits per heavy atom. The van der Waals surface area contributed by atoms with Crippen molar-refractivity contribution in [1.82, 2.24) is 0 Å². The molecule has 5 rings (SSSR count). The van der Waals surface area contributed by atoms with Gasteiger partial charge >= 0.3 is 5.97 Å². The first-order chi connectivity index (χ1) is 11.2. The van der Waals surface area contributed by atoms with E-state index in [1.54, 1.807) is 20.8 Å². The van der Waals surface area contributed by atoms with Crippen LogP contribution in [0.4, 0.5) is 0 Å². The molecule has 3 fully saturated rings. The maximum absolute atomic E-state index is 13.2. The molecule has 4 bridgehead atoms. The van der Waals surface area contributed by atoms with Crippen LogP contribution in [0.2, 0.25) is 0 Å². The summed E-state index contributed by atoms with van der Waals surface area (Å²) in [5.41, 5.74) is -1.89. The summed E-state index contributed by atoms with van der Waals surface area (Å²) in [5.74, 6) is -2.39. The number of carbonyl (C=O) groups excluding carboxylic acids is 3. The van der Waals surface area contributed by atoms with Crippen LogP contribution in [-0.2, 0) is 23.9 Å². The van der Waals surface area contributed by atoms with Gasteiger partial charge in [-0.25, -0.2) is 0 Å². The highest BCUT2D eigenvalue weighted by atomic mass is 16.6. The number of aliphatic hydroxyl groups is 1. The van der Waals surface area contributed by atoms with Gasteiger partial charge in [0.2, 0.25) is 0 Å². The second-order valence-corrected chi connectivity index (χ2v) is 8.09. The zero-order valence-electron chi connectivity index (χ0n) is 13.7. The number of rotatable bonds is 0. The minimum Gasteiger partial charge on any atom is -0.456 e. The second-order valence-electron chi connectivity index (χ2n) is 8.09. The van der Waals surface area contributed by atoms with Crippen molar-refractivity contribution in [2.24, 2.45) is 22.7 Å². The molecule has 5 aliphatic rings. The van der Waals surface area contributed by atoms with Crippen LogP contribution >= 0.6 is 0 Å². The van der Waals surface area contributed by atoms with E-state index in [1.807, 2.05) is 0 Å². The fourth-order valence-corrected chi connectivity index (χ4v) is 6.15. The van der Waals surface area contributed by atoms with Crippen LogP contribution in [0.1, 0.15) is 20.8 Å². The van der Waals surface area contributed by atoms with E-state index in [4.69, 9.17) is 9.47 Å². The van der Waals surface area contributed by atoms with Gasteiger partial charge in [0.1, 0.15) is 11.5 Å². The number of carbonyl (C=O) groups is 3. The highest BCUT2D eigenvalue weighted by Gasteiger charge is 2.82. The van der Waals surface area contributed by atoms with Gasteiger partial charge in [-0.2, -0.15) is 0 Å². The van der Waals surface area contributed by atoms with Crippen molar-refractivity contribution in [1.29, 1.82) is 0 Å². The maximum Gasteiger partial charge on any atom is 0.313 e. The number of esters is 1. The molecule has 6 heteroatoms. The third-order valence-electron chi connectivity index (χ3n) is 7.16. The summed E-state index contributed by atoms with van der Waals surface area (Å²) < 4.78 is 11.3. The largest absolute Gasteiger partial charge is 0.456 e. The number of aliphatic hydroxyl groups excluding tert-OH is 1. The van der Waals surface area contributed by atoms with Crippen LogP contribution in [0.3, 0.4) is 0 Å². The van der Waals surface area contributed by atoms with Gasteiger partial charge in [0.15, 0.2) is 17.7 Å². The van der Waals surface area contributed by atoms with Crippen LogP contribution < -0.4 is 0 Å². The zero-order chi connectivity index (χ0) is 17.2. The Balaban J connectivity index is 1.84. The summed E-state index contributed by atoms with van der Waals surface area (Å²) in [6.45, 7) is 5.31. The van der Waals surface area contributed by atoms with E-state index in [9.17, 15) is 19.5 Å². The van der Waals surface area contributed by atoms with Crippen molar-refractivity contribution in [2.45, 2.75) is 38.6 Å². The van der Waals surface area contributed by atoms with Gasteiger partial charge in [0, 0.05) is 5.92 Å². The zero-order valence-corrected chi connectivity index (χ0v) is 13.7. The quantitative estimate of drug-likeness (QED) is 0.644. The fourth-order valence-electron chi connectivity index (χ4n) is 6.15. The summed E-state index contributed by atoms with van der Waals surface area (Å²) in [4.78, 5) is 38.5. The summed E-state index contributed by atoms with van der Waals surface area (Å²) in [6, 6.07) is 0. The first kappa shape index (κ1) is 14.5. The molecule has 1 saturated carbocycles. The molecule has 6 nitrogen and oxygen atoms in total. The highest BCUT2D eigenvalue weighted by Crippen LogP contribution is 2.69. The SMILES string of the molecule is CC1=CC(=O)[C@@]2(C)C1=CC(=O)[C@@]13CO[C@]4(C)[C@H](OC(=O)[C@@H]41)[C@H](O)[C@H]23. The van der Waals surface area contributed by atoms with Crippen LogP contribution in [0, 0.1) is 22.7 Å². The molecule has 2 heterocycles. The van der Waals surface area contributed by atoms with Gasteiger partial charge < -0.3 is 14.6 Å². The average Bonchev–Trinajstić information content (AvgIpc) is 2.97. The first-order valence-corrected chi connectivity index (χ1v) is 8.21. The van der Waals surface area contributed by atoms with Gasteiger partial charge in [-0.05, 0) is 44.1 Å². The van der Waals surface area contributed by atoms with Crippen molar-refractivity contribution in [3.8, 4) is 0 Å². The predicted octanol–water partition coefficient (Wildman–Crippen LogP) is 0.338. The summed E-state index contributed by atoms with van der Waals surface area (Å²) >= 11 is 0. The van der Waals surface area contributed by atoms with Crippen molar-refractivity contribution in [3.63, 3.8) is 0 Å². The monoisotopic (exact) mass is 330 g/mol. The normalized spacial score (nSPS) is 54.2. The Morgan fingerprint density at radius 1 is 1.17 bits per heavy atom. The molecule has 0 aromatic carbocycles. The van der Waals surface area contributed by atoms with Crippen LogP contribution in [0.25, 0.3) is 0 Å². The van der Waals surface area contributed by atoms with Crippen molar-refractivity contribution < 1.29 is 29.0 Å². The molecular weight excluding hydrogens is 312 g/mol. The van der Waals surface area contributed by atoms with E-state index in [0.29, 0.717) is 5.57 Å². The molecular formula is C18H18O6. The molecule has 3 aliphatic carbocycles. The third-order valence-corrected chi connectivity index (χ3v) is 7.16. The Bertz CT molecular complexity index is 808. The molecule has 7 atom stereocenters. The van der Waals surface area contributed by atoms with Gasteiger partial charge in [0.25, 0.3) is 0 Å². The highest BCUT2D eigenvalue weighted by molar-refractivity contribution is 6.11. The minimum absolute atomic E-state index is 0.0338. The van der Waals surface area contributed by atoms with Gasteiger partial charge in [-0.1, -0.05) is 0 Å². The van der Waals surface area contributed by atoms with Gasteiger partial charge in [-0.3, -0.25) is 14.4 Å². The molecule has 2 saturated heterocycles. The Hall–Kier alpha value is -1.79. The lowest BCUT2D eigenvalue weighted by molar-refractivity contribution is -0.165. The van der Waals surface area contributed by atoms with Crippen LogP contribution in [0.5, 0.6) is 0 Å². The molecule has 0 aromatic rings.